The number of rotatable bonds is 5. The van der Waals surface area contributed by atoms with Crippen molar-refractivity contribution in [3.8, 4) is 39.7 Å². The van der Waals surface area contributed by atoms with Gasteiger partial charge in [-0.3, -0.25) is 0 Å². The molecule has 0 aliphatic carbocycles. The topological polar surface area (TPSA) is 57.9 Å². The molecule has 0 atom stereocenters. The molecule has 4 aromatic rings. The summed E-state index contributed by atoms with van der Waals surface area (Å²) in [6, 6.07) is 15.9. The fourth-order valence-electron chi connectivity index (χ4n) is 3.57. The van der Waals surface area contributed by atoms with E-state index in [1.54, 1.807) is 42.5 Å². The number of ether oxygens (including phenoxy) is 3. The van der Waals surface area contributed by atoms with Gasteiger partial charge in [0.05, 0.1) is 26.7 Å². The van der Waals surface area contributed by atoms with Gasteiger partial charge in [-0.05, 0) is 48.0 Å². The van der Waals surface area contributed by atoms with Gasteiger partial charge in [0.2, 0.25) is 5.75 Å². The molecule has 1 aromatic heterocycles. The molecule has 0 saturated carbocycles. The van der Waals surface area contributed by atoms with Gasteiger partial charge in [0.25, 0.3) is 0 Å². The predicted molar refractivity (Wildman–Crippen MR) is 123 cm³/mol. The number of benzene rings is 3. The van der Waals surface area contributed by atoms with Crippen LogP contribution in [0.15, 0.2) is 63.8 Å². The lowest BCUT2D eigenvalue weighted by molar-refractivity contribution is 0.327. The lowest BCUT2D eigenvalue weighted by atomic mass is 9.94. The number of hydrogen-bond acceptors (Lipinski definition) is 5. The first-order valence-electron chi connectivity index (χ1n) is 9.30. The molecule has 0 saturated heterocycles. The van der Waals surface area contributed by atoms with Crippen LogP contribution in [0.4, 0.5) is 0 Å². The molecule has 158 valence electrons. The van der Waals surface area contributed by atoms with Gasteiger partial charge in [0, 0.05) is 26.6 Å². The van der Waals surface area contributed by atoms with Crippen molar-refractivity contribution in [2.45, 2.75) is 0 Å². The standard InChI is InChI=1S/C24H18Cl2O5/c1-28-18-12-17-20(23(30-3)22(18)29-2)19(13-4-8-15(25)9-5-13)21(31-24(17)27)14-6-10-16(26)11-7-14/h4-12H,1-3H3. The molecule has 3 aromatic carbocycles. The van der Waals surface area contributed by atoms with Crippen LogP contribution in [0.1, 0.15) is 0 Å². The number of fused-ring (bicyclic) bond motifs is 1. The Morgan fingerprint density at radius 2 is 1.29 bits per heavy atom. The maximum atomic E-state index is 13.0. The second-order valence-corrected chi connectivity index (χ2v) is 7.55. The summed E-state index contributed by atoms with van der Waals surface area (Å²) in [7, 11) is 4.52. The van der Waals surface area contributed by atoms with Crippen LogP contribution in [-0.4, -0.2) is 21.3 Å². The van der Waals surface area contributed by atoms with E-state index in [2.05, 4.69) is 0 Å². The molecule has 0 N–H and O–H groups in total. The van der Waals surface area contributed by atoms with Gasteiger partial charge in [-0.2, -0.15) is 0 Å². The zero-order chi connectivity index (χ0) is 22.1. The minimum Gasteiger partial charge on any atom is -0.493 e. The SMILES string of the molecule is COc1cc2c(=O)oc(-c3ccc(Cl)cc3)c(-c3ccc(Cl)cc3)c2c(OC)c1OC. The zero-order valence-corrected chi connectivity index (χ0v) is 18.5. The maximum absolute atomic E-state index is 13.0. The normalized spacial score (nSPS) is 10.9. The highest BCUT2D eigenvalue weighted by Gasteiger charge is 2.25. The van der Waals surface area contributed by atoms with E-state index in [-0.39, 0.29) is 0 Å². The van der Waals surface area contributed by atoms with Crippen LogP contribution in [0.25, 0.3) is 33.2 Å². The zero-order valence-electron chi connectivity index (χ0n) is 17.0. The van der Waals surface area contributed by atoms with Crippen molar-refractivity contribution in [3.63, 3.8) is 0 Å². The molecule has 0 aliphatic rings. The molecule has 0 bridgehead atoms. The van der Waals surface area contributed by atoms with E-state index in [1.807, 2.05) is 12.1 Å². The van der Waals surface area contributed by atoms with Crippen molar-refractivity contribution in [1.82, 2.24) is 0 Å². The van der Waals surface area contributed by atoms with Crippen molar-refractivity contribution < 1.29 is 18.6 Å². The van der Waals surface area contributed by atoms with E-state index in [0.717, 1.165) is 5.56 Å². The molecule has 0 amide bonds. The van der Waals surface area contributed by atoms with E-state index in [1.165, 1.54) is 21.3 Å². The summed E-state index contributed by atoms with van der Waals surface area (Å²) in [5.41, 5.74) is 1.60. The third-order valence-corrected chi connectivity index (χ3v) is 5.47. The highest BCUT2D eigenvalue weighted by atomic mass is 35.5. The van der Waals surface area contributed by atoms with E-state index in [9.17, 15) is 4.79 Å². The lowest BCUT2D eigenvalue weighted by Crippen LogP contribution is -2.06. The molecule has 0 aliphatic heterocycles. The number of hydrogen-bond donors (Lipinski definition) is 0. The Hall–Kier alpha value is -3.15. The number of methoxy groups -OCH3 is 3. The lowest BCUT2D eigenvalue weighted by Gasteiger charge is -2.18. The van der Waals surface area contributed by atoms with Crippen LogP contribution < -0.4 is 19.8 Å². The van der Waals surface area contributed by atoms with E-state index in [0.29, 0.717) is 55.0 Å². The van der Waals surface area contributed by atoms with Crippen molar-refractivity contribution in [2.24, 2.45) is 0 Å². The summed E-state index contributed by atoms with van der Waals surface area (Å²) >= 11 is 12.2. The molecule has 4 rings (SSSR count). The van der Waals surface area contributed by atoms with Crippen LogP contribution in [0, 0.1) is 0 Å². The van der Waals surface area contributed by atoms with Crippen LogP contribution >= 0.6 is 23.2 Å². The molecule has 31 heavy (non-hydrogen) atoms. The van der Waals surface area contributed by atoms with Gasteiger partial charge in [-0.15, -0.1) is 0 Å². The first-order valence-corrected chi connectivity index (χ1v) is 10.1. The molecular formula is C24H18Cl2O5. The Kier molecular flexibility index (Phi) is 5.81. The molecule has 0 radical (unpaired) electrons. The summed E-state index contributed by atoms with van der Waals surface area (Å²) in [5.74, 6) is 1.48. The van der Waals surface area contributed by atoms with Gasteiger partial charge in [-0.1, -0.05) is 35.3 Å². The highest BCUT2D eigenvalue weighted by molar-refractivity contribution is 6.31. The summed E-state index contributed by atoms with van der Waals surface area (Å²) in [6.07, 6.45) is 0. The van der Waals surface area contributed by atoms with Crippen molar-refractivity contribution >= 4 is 34.0 Å². The first kappa shape index (κ1) is 21.1. The third-order valence-electron chi connectivity index (χ3n) is 4.96. The highest BCUT2D eigenvalue weighted by Crippen LogP contribution is 2.48. The first-order chi connectivity index (χ1) is 15.0. The Labute approximate surface area is 188 Å². The molecular weight excluding hydrogens is 439 g/mol. The Bertz CT molecular complexity index is 1310. The molecule has 7 heteroatoms. The van der Waals surface area contributed by atoms with Gasteiger partial charge in [-0.25, -0.2) is 4.79 Å². The van der Waals surface area contributed by atoms with Crippen LogP contribution in [0.3, 0.4) is 0 Å². The number of halogens is 2. The fraction of sp³-hybridized carbons (Fsp3) is 0.125. The molecule has 5 nitrogen and oxygen atoms in total. The molecule has 1 heterocycles. The van der Waals surface area contributed by atoms with Crippen LogP contribution in [0.2, 0.25) is 10.0 Å². The molecule has 0 spiro atoms. The van der Waals surface area contributed by atoms with E-state index in [4.69, 9.17) is 41.8 Å². The Morgan fingerprint density at radius 3 is 1.81 bits per heavy atom. The molecule has 0 unspecified atom stereocenters. The van der Waals surface area contributed by atoms with Crippen LogP contribution in [-0.2, 0) is 0 Å². The minimum absolute atomic E-state index is 0.303. The molecule has 0 fully saturated rings. The third kappa shape index (κ3) is 3.71. The second-order valence-electron chi connectivity index (χ2n) is 6.68. The van der Waals surface area contributed by atoms with Gasteiger partial charge in [0.1, 0.15) is 5.76 Å². The van der Waals surface area contributed by atoms with Crippen molar-refractivity contribution in [3.05, 3.63) is 75.1 Å². The minimum atomic E-state index is -0.531. The average Bonchev–Trinajstić information content (AvgIpc) is 2.79. The van der Waals surface area contributed by atoms with Gasteiger partial charge < -0.3 is 18.6 Å². The monoisotopic (exact) mass is 456 g/mol. The van der Waals surface area contributed by atoms with Crippen molar-refractivity contribution in [1.29, 1.82) is 0 Å². The second kappa shape index (κ2) is 8.53. The summed E-state index contributed by atoms with van der Waals surface area (Å²) in [6.45, 7) is 0. The Morgan fingerprint density at radius 1 is 0.742 bits per heavy atom. The Balaban J connectivity index is 2.22. The average molecular weight is 457 g/mol. The fourth-order valence-corrected chi connectivity index (χ4v) is 3.83. The summed E-state index contributed by atoms with van der Waals surface area (Å²) < 4.78 is 22.5. The van der Waals surface area contributed by atoms with E-state index >= 15 is 0 Å². The van der Waals surface area contributed by atoms with Gasteiger partial charge >= 0.3 is 5.63 Å². The van der Waals surface area contributed by atoms with Crippen LogP contribution in [0.5, 0.6) is 17.2 Å². The summed E-state index contributed by atoms with van der Waals surface area (Å²) in [5, 5.41) is 2.01. The van der Waals surface area contributed by atoms with E-state index < -0.39 is 5.63 Å². The van der Waals surface area contributed by atoms with Gasteiger partial charge in [0.15, 0.2) is 11.5 Å². The van der Waals surface area contributed by atoms with Crippen molar-refractivity contribution in [2.75, 3.05) is 21.3 Å². The predicted octanol–water partition coefficient (Wildman–Crippen LogP) is 6.46. The maximum Gasteiger partial charge on any atom is 0.344 e. The smallest absolute Gasteiger partial charge is 0.344 e. The summed E-state index contributed by atoms with van der Waals surface area (Å²) in [4.78, 5) is 13.0. The quantitative estimate of drug-likeness (QED) is 0.344. The largest absolute Gasteiger partial charge is 0.493 e.